The molecule has 1 aliphatic heterocycles. The lowest BCUT2D eigenvalue weighted by molar-refractivity contribution is -0.108. The van der Waals surface area contributed by atoms with Crippen molar-refractivity contribution in [2.45, 2.75) is 52.4 Å². The van der Waals surface area contributed by atoms with Crippen molar-refractivity contribution in [3.05, 3.63) is 47.4 Å². The van der Waals surface area contributed by atoms with Crippen LogP contribution in [0.1, 0.15) is 43.3 Å². The van der Waals surface area contributed by atoms with Gasteiger partial charge in [0.1, 0.15) is 6.29 Å². The normalized spacial score (nSPS) is 17.5. The Balaban J connectivity index is 1.66. The van der Waals surface area contributed by atoms with E-state index >= 15 is 0 Å². The van der Waals surface area contributed by atoms with Crippen molar-refractivity contribution in [2.75, 3.05) is 6.54 Å². The summed E-state index contributed by atoms with van der Waals surface area (Å²) in [5.41, 5.74) is 5.22. The van der Waals surface area contributed by atoms with Crippen molar-refractivity contribution < 1.29 is 4.79 Å². The van der Waals surface area contributed by atoms with Gasteiger partial charge in [0.25, 0.3) is 0 Å². The molecule has 2 aromatic heterocycles. The summed E-state index contributed by atoms with van der Waals surface area (Å²) in [7, 11) is 0. The van der Waals surface area contributed by atoms with Gasteiger partial charge in [0.15, 0.2) is 0 Å². The molecule has 4 rings (SSSR count). The van der Waals surface area contributed by atoms with Crippen molar-refractivity contribution in [1.82, 2.24) is 24.5 Å². The first-order valence-corrected chi connectivity index (χ1v) is 9.39. The van der Waals surface area contributed by atoms with E-state index in [2.05, 4.69) is 57.9 Å². The number of carbonyl (C=O) groups is 1. The Hall–Kier alpha value is -2.47. The molecule has 1 aliphatic rings. The molecular weight excluding hydrogens is 326 g/mol. The highest BCUT2D eigenvalue weighted by Crippen LogP contribution is 2.37. The summed E-state index contributed by atoms with van der Waals surface area (Å²) >= 11 is 0. The van der Waals surface area contributed by atoms with Crippen molar-refractivity contribution in [3.63, 3.8) is 0 Å². The van der Waals surface area contributed by atoms with E-state index in [1.807, 2.05) is 6.20 Å². The fourth-order valence-electron chi connectivity index (χ4n) is 4.22. The van der Waals surface area contributed by atoms with Crippen LogP contribution in [-0.2, 0) is 30.8 Å². The van der Waals surface area contributed by atoms with Crippen LogP contribution in [0.5, 0.6) is 0 Å². The molecule has 3 heterocycles. The van der Waals surface area contributed by atoms with Crippen molar-refractivity contribution in [2.24, 2.45) is 0 Å². The summed E-state index contributed by atoms with van der Waals surface area (Å²) in [6.45, 7) is 7.60. The van der Waals surface area contributed by atoms with E-state index < -0.39 is 0 Å². The third-order valence-electron chi connectivity index (χ3n) is 5.37. The Morgan fingerprint density at radius 3 is 2.96 bits per heavy atom. The second-order valence-corrected chi connectivity index (χ2v) is 7.03. The van der Waals surface area contributed by atoms with Crippen LogP contribution in [0.3, 0.4) is 0 Å². The highest BCUT2D eigenvalue weighted by atomic mass is 16.1. The minimum atomic E-state index is 0.261. The zero-order valence-corrected chi connectivity index (χ0v) is 15.4. The molecule has 0 saturated heterocycles. The molecule has 3 aromatic rings. The van der Waals surface area contributed by atoms with Gasteiger partial charge in [-0.3, -0.25) is 4.90 Å². The largest absolute Gasteiger partial charge is 0.343 e. The molecule has 6 nitrogen and oxygen atoms in total. The molecule has 1 unspecified atom stereocenters. The monoisotopic (exact) mass is 351 g/mol. The summed E-state index contributed by atoms with van der Waals surface area (Å²) in [5, 5.41) is 9.65. The number of aromatic nitrogens is 4. The molecule has 1 aromatic carbocycles. The van der Waals surface area contributed by atoms with Gasteiger partial charge in [-0.05, 0) is 31.4 Å². The Labute approximate surface area is 153 Å². The van der Waals surface area contributed by atoms with E-state index in [0.29, 0.717) is 6.04 Å². The molecule has 0 spiro atoms. The molecule has 26 heavy (non-hydrogen) atoms. The van der Waals surface area contributed by atoms with E-state index in [1.54, 1.807) is 4.68 Å². The molecule has 0 aliphatic carbocycles. The molecule has 0 radical (unpaired) electrons. The standard InChI is InChI=1S/C20H25N5O/c1-3-9-25-19-7-5-4-6-17(19)18-8-10-23(15(2)20(18)25)13-16-14-24(11-12-26)22-21-16/h4-7,12,14-15H,3,8-11,13H2,1-2H3. The summed E-state index contributed by atoms with van der Waals surface area (Å²) < 4.78 is 4.10. The molecule has 0 N–H and O–H groups in total. The molecule has 0 bridgehead atoms. The first kappa shape index (κ1) is 17.0. The van der Waals surface area contributed by atoms with Gasteiger partial charge in [-0.1, -0.05) is 30.3 Å². The molecule has 1 atom stereocenters. The quantitative estimate of drug-likeness (QED) is 0.641. The number of fused-ring (bicyclic) bond motifs is 3. The van der Waals surface area contributed by atoms with Gasteiger partial charge in [-0.25, -0.2) is 4.68 Å². The smallest absolute Gasteiger partial charge is 0.141 e. The van der Waals surface area contributed by atoms with Crippen molar-refractivity contribution in [3.8, 4) is 0 Å². The number of aldehydes is 1. The molecule has 136 valence electrons. The molecule has 0 fully saturated rings. The highest BCUT2D eigenvalue weighted by molar-refractivity contribution is 5.86. The van der Waals surface area contributed by atoms with Crippen LogP contribution in [0.25, 0.3) is 10.9 Å². The summed E-state index contributed by atoms with van der Waals surface area (Å²) in [4.78, 5) is 13.1. The van der Waals surface area contributed by atoms with E-state index in [9.17, 15) is 4.79 Å². The Morgan fingerprint density at radius 1 is 1.31 bits per heavy atom. The molecular formula is C20H25N5O. The van der Waals surface area contributed by atoms with Crippen LogP contribution in [0.15, 0.2) is 30.5 Å². The van der Waals surface area contributed by atoms with Crippen LogP contribution >= 0.6 is 0 Å². The minimum absolute atomic E-state index is 0.261. The molecule has 0 saturated carbocycles. The Morgan fingerprint density at radius 2 is 2.15 bits per heavy atom. The van der Waals surface area contributed by atoms with Gasteiger partial charge in [0.05, 0.1) is 18.4 Å². The number of rotatable bonds is 6. The maximum atomic E-state index is 10.6. The van der Waals surface area contributed by atoms with Crippen LogP contribution in [0.4, 0.5) is 0 Å². The topological polar surface area (TPSA) is 56.0 Å². The predicted octanol–water partition coefficient (Wildman–Crippen LogP) is 2.96. The highest BCUT2D eigenvalue weighted by Gasteiger charge is 2.30. The predicted molar refractivity (Wildman–Crippen MR) is 101 cm³/mol. The number of nitrogens with zero attached hydrogens (tertiary/aromatic N) is 5. The van der Waals surface area contributed by atoms with E-state index in [4.69, 9.17) is 0 Å². The molecule has 6 heteroatoms. The van der Waals surface area contributed by atoms with Gasteiger partial charge < -0.3 is 9.36 Å². The Bertz CT molecular complexity index is 926. The summed E-state index contributed by atoms with van der Waals surface area (Å²) in [6.07, 6.45) is 4.90. The first-order valence-electron chi connectivity index (χ1n) is 9.39. The fourth-order valence-corrected chi connectivity index (χ4v) is 4.22. The lowest BCUT2D eigenvalue weighted by atomic mass is 9.98. The second kappa shape index (κ2) is 7.03. The van der Waals surface area contributed by atoms with Gasteiger partial charge >= 0.3 is 0 Å². The first-order chi connectivity index (χ1) is 12.7. The average molecular weight is 351 g/mol. The lowest BCUT2D eigenvalue weighted by Gasteiger charge is -2.34. The summed E-state index contributed by atoms with van der Waals surface area (Å²) in [5.74, 6) is 0. The van der Waals surface area contributed by atoms with Crippen LogP contribution < -0.4 is 0 Å². The number of hydrogen-bond acceptors (Lipinski definition) is 4. The zero-order chi connectivity index (χ0) is 18.1. The lowest BCUT2D eigenvalue weighted by Crippen LogP contribution is -2.34. The second-order valence-electron chi connectivity index (χ2n) is 7.03. The Kier molecular flexibility index (Phi) is 4.59. The van der Waals surface area contributed by atoms with E-state index in [1.165, 1.54) is 22.2 Å². The van der Waals surface area contributed by atoms with Gasteiger partial charge in [0, 0.05) is 42.3 Å². The van der Waals surface area contributed by atoms with E-state index in [-0.39, 0.29) is 6.54 Å². The molecule has 0 amide bonds. The van der Waals surface area contributed by atoms with Gasteiger partial charge in [0.2, 0.25) is 0 Å². The number of hydrogen-bond donors (Lipinski definition) is 0. The van der Waals surface area contributed by atoms with Crippen LogP contribution in [0, 0.1) is 0 Å². The SMILES string of the molecule is CCCn1c2c(c3ccccc31)CCN(Cc1cn(CC=O)nn1)C2C. The minimum Gasteiger partial charge on any atom is -0.343 e. The van der Waals surface area contributed by atoms with Gasteiger partial charge in [-0.2, -0.15) is 0 Å². The number of benzene rings is 1. The third kappa shape index (κ3) is 2.84. The number of aryl methyl sites for hydroxylation is 1. The van der Waals surface area contributed by atoms with Crippen LogP contribution in [-0.4, -0.2) is 37.3 Å². The maximum Gasteiger partial charge on any atom is 0.141 e. The fraction of sp³-hybridized carbons (Fsp3) is 0.450. The van der Waals surface area contributed by atoms with Crippen molar-refractivity contribution >= 4 is 17.2 Å². The van der Waals surface area contributed by atoms with Crippen molar-refractivity contribution in [1.29, 1.82) is 0 Å². The maximum absolute atomic E-state index is 10.6. The number of para-hydroxylation sites is 1. The number of carbonyl (C=O) groups excluding carboxylic acids is 1. The van der Waals surface area contributed by atoms with E-state index in [0.717, 1.165) is 44.5 Å². The van der Waals surface area contributed by atoms with Gasteiger partial charge in [-0.15, -0.1) is 5.10 Å². The third-order valence-corrected chi connectivity index (χ3v) is 5.37. The average Bonchev–Trinajstić information content (AvgIpc) is 3.22. The summed E-state index contributed by atoms with van der Waals surface area (Å²) in [6, 6.07) is 9.10. The van der Waals surface area contributed by atoms with Crippen LogP contribution in [0.2, 0.25) is 0 Å². The zero-order valence-electron chi connectivity index (χ0n) is 15.4.